The first-order valence-corrected chi connectivity index (χ1v) is 5.42. The second-order valence-electron chi connectivity index (χ2n) is 5.00. The van der Waals surface area contributed by atoms with Gasteiger partial charge in [0.1, 0.15) is 5.78 Å². The number of rotatable bonds is 1. The van der Waals surface area contributed by atoms with Gasteiger partial charge in [-0.05, 0) is 26.2 Å². The van der Waals surface area contributed by atoms with Crippen LogP contribution in [0.1, 0.15) is 20.3 Å². The molecule has 1 saturated heterocycles. The lowest BCUT2D eigenvalue weighted by atomic mass is 9.59. The molecular weight excluding hydrogens is 196 g/mol. The van der Waals surface area contributed by atoms with E-state index in [2.05, 4.69) is 0 Å². The van der Waals surface area contributed by atoms with Crippen LogP contribution in [0, 0.1) is 17.3 Å². The molecule has 4 nitrogen and oxygen atoms in total. The van der Waals surface area contributed by atoms with Gasteiger partial charge in [0.05, 0.1) is 30.8 Å². The Kier molecular flexibility index (Phi) is 2.61. The van der Waals surface area contributed by atoms with Gasteiger partial charge in [-0.15, -0.1) is 0 Å². The number of carbonyl (C=O) groups excluding carboxylic acids is 1. The van der Waals surface area contributed by atoms with Gasteiger partial charge in [0.2, 0.25) is 0 Å². The van der Waals surface area contributed by atoms with Crippen LogP contribution in [0.25, 0.3) is 0 Å². The molecule has 0 spiro atoms. The number of hydrogen-bond donors (Lipinski definition) is 2. The summed E-state index contributed by atoms with van der Waals surface area (Å²) in [5, 5.41) is 19.9. The van der Waals surface area contributed by atoms with Gasteiger partial charge in [-0.2, -0.15) is 0 Å². The maximum absolute atomic E-state index is 11.6. The molecule has 2 bridgehead atoms. The Bertz CT molecular complexity index is 274. The van der Waals surface area contributed by atoms with Gasteiger partial charge >= 0.3 is 0 Å². The van der Waals surface area contributed by atoms with Crippen LogP contribution < -0.4 is 0 Å². The molecule has 2 fully saturated rings. The summed E-state index contributed by atoms with van der Waals surface area (Å²) in [5.41, 5.74) is -0.851. The molecule has 0 unspecified atom stereocenters. The smallest absolute Gasteiger partial charge is 0.138 e. The van der Waals surface area contributed by atoms with Crippen molar-refractivity contribution in [3.8, 4) is 0 Å². The zero-order valence-corrected chi connectivity index (χ0v) is 9.14. The van der Waals surface area contributed by atoms with E-state index in [9.17, 15) is 15.0 Å². The van der Waals surface area contributed by atoms with E-state index >= 15 is 0 Å². The average molecular weight is 214 g/mol. The monoisotopic (exact) mass is 214 g/mol. The zero-order valence-electron chi connectivity index (χ0n) is 9.14. The maximum Gasteiger partial charge on any atom is 0.138 e. The van der Waals surface area contributed by atoms with E-state index in [1.54, 1.807) is 6.92 Å². The first kappa shape index (κ1) is 11.0. The van der Waals surface area contributed by atoms with E-state index in [1.807, 2.05) is 0 Å². The normalized spacial score (nSPS) is 50.1. The molecule has 2 aliphatic rings. The Hall–Kier alpha value is -0.450. The van der Waals surface area contributed by atoms with Crippen molar-refractivity contribution in [2.24, 2.45) is 17.3 Å². The van der Waals surface area contributed by atoms with E-state index in [0.29, 0.717) is 13.2 Å². The van der Waals surface area contributed by atoms with Gasteiger partial charge in [-0.1, -0.05) is 0 Å². The third-order valence-corrected chi connectivity index (χ3v) is 4.27. The largest absolute Gasteiger partial charge is 0.390 e. The number of carbonyl (C=O) groups is 1. The van der Waals surface area contributed by atoms with Crippen LogP contribution in [-0.4, -0.2) is 41.4 Å². The number of aliphatic hydroxyl groups excluding tert-OH is 2. The molecule has 0 aromatic carbocycles. The lowest BCUT2D eigenvalue weighted by Crippen LogP contribution is -2.61. The fourth-order valence-electron chi connectivity index (χ4n) is 2.87. The summed E-state index contributed by atoms with van der Waals surface area (Å²) in [4.78, 5) is 11.6. The minimum Gasteiger partial charge on any atom is -0.390 e. The minimum atomic E-state index is -0.956. The van der Waals surface area contributed by atoms with Gasteiger partial charge in [0, 0.05) is 5.92 Å². The van der Waals surface area contributed by atoms with Crippen molar-refractivity contribution in [1.82, 2.24) is 0 Å². The lowest BCUT2D eigenvalue weighted by Gasteiger charge is -2.51. The van der Waals surface area contributed by atoms with Gasteiger partial charge in [-0.25, -0.2) is 0 Å². The van der Waals surface area contributed by atoms with Crippen LogP contribution in [0.4, 0.5) is 0 Å². The zero-order chi connectivity index (χ0) is 11.2. The quantitative estimate of drug-likeness (QED) is 0.643. The van der Waals surface area contributed by atoms with Gasteiger partial charge < -0.3 is 14.9 Å². The number of ether oxygens (including phenoxy) is 1. The molecule has 4 heteroatoms. The molecule has 0 amide bonds. The van der Waals surface area contributed by atoms with Gasteiger partial charge in [0.15, 0.2) is 0 Å². The fraction of sp³-hybridized carbons (Fsp3) is 0.909. The Morgan fingerprint density at radius 2 is 2.07 bits per heavy atom. The summed E-state index contributed by atoms with van der Waals surface area (Å²) < 4.78 is 5.38. The Morgan fingerprint density at radius 3 is 2.67 bits per heavy atom. The highest BCUT2D eigenvalue weighted by atomic mass is 16.5. The summed E-state index contributed by atoms with van der Waals surface area (Å²) in [5.74, 6) is -0.0543. The highest BCUT2D eigenvalue weighted by molar-refractivity contribution is 5.83. The summed E-state index contributed by atoms with van der Waals surface area (Å²) in [7, 11) is 0. The van der Waals surface area contributed by atoms with Crippen LogP contribution in [0.2, 0.25) is 0 Å². The molecule has 1 heterocycles. The maximum atomic E-state index is 11.6. The highest BCUT2D eigenvalue weighted by Gasteiger charge is 2.55. The van der Waals surface area contributed by atoms with E-state index in [1.165, 1.54) is 6.92 Å². The molecule has 15 heavy (non-hydrogen) atoms. The number of fused-ring (bicyclic) bond motifs is 2. The predicted octanol–water partition coefficient (Wildman–Crippen LogP) is -0.0302. The fourth-order valence-corrected chi connectivity index (χ4v) is 2.87. The van der Waals surface area contributed by atoms with Crippen LogP contribution in [0.5, 0.6) is 0 Å². The van der Waals surface area contributed by atoms with Crippen molar-refractivity contribution in [1.29, 1.82) is 0 Å². The van der Waals surface area contributed by atoms with Crippen molar-refractivity contribution in [3.63, 3.8) is 0 Å². The molecular formula is C11H18O4. The number of aliphatic hydroxyl groups is 2. The topological polar surface area (TPSA) is 66.8 Å². The van der Waals surface area contributed by atoms with E-state index in [-0.39, 0.29) is 17.6 Å². The third-order valence-electron chi connectivity index (χ3n) is 4.27. The molecule has 0 aromatic rings. The van der Waals surface area contributed by atoms with Gasteiger partial charge in [0.25, 0.3) is 0 Å². The SMILES string of the molecule is CC(=O)[C@]1(C)[C@@H]2COC[C@@H](C2)[C@H](O)[C@@H]1O. The average Bonchev–Trinajstić information content (AvgIpc) is 2.24. The van der Waals surface area contributed by atoms with Crippen molar-refractivity contribution in [2.45, 2.75) is 32.5 Å². The van der Waals surface area contributed by atoms with Crippen molar-refractivity contribution < 1.29 is 19.7 Å². The van der Waals surface area contributed by atoms with E-state index in [4.69, 9.17) is 4.74 Å². The molecule has 1 aliphatic carbocycles. The summed E-state index contributed by atoms with van der Waals surface area (Å²) >= 11 is 0. The van der Waals surface area contributed by atoms with Crippen LogP contribution in [-0.2, 0) is 9.53 Å². The molecule has 86 valence electrons. The van der Waals surface area contributed by atoms with E-state index in [0.717, 1.165) is 6.42 Å². The first-order valence-electron chi connectivity index (χ1n) is 5.42. The third kappa shape index (κ3) is 1.43. The van der Waals surface area contributed by atoms with Crippen LogP contribution in [0.3, 0.4) is 0 Å². The predicted molar refractivity (Wildman–Crippen MR) is 53.2 cm³/mol. The molecule has 0 aromatic heterocycles. The van der Waals surface area contributed by atoms with Crippen LogP contribution in [0.15, 0.2) is 0 Å². The number of hydrogen-bond acceptors (Lipinski definition) is 4. The molecule has 5 atom stereocenters. The standard InChI is InChI=1S/C11H18O4/c1-6(12)11(2)8-3-7(4-15-5-8)9(13)10(11)14/h7-10,13-14H,3-5H2,1-2H3/t7-,8+,9+,10+,11-/m1/s1. The summed E-state index contributed by atoms with van der Waals surface area (Å²) in [6.45, 7) is 4.21. The van der Waals surface area contributed by atoms with Crippen molar-refractivity contribution >= 4 is 5.78 Å². The number of ketones is 1. The lowest BCUT2D eigenvalue weighted by molar-refractivity contribution is -0.196. The molecule has 2 rings (SSSR count). The van der Waals surface area contributed by atoms with Crippen molar-refractivity contribution in [2.75, 3.05) is 13.2 Å². The second kappa shape index (κ2) is 3.54. The molecule has 2 N–H and O–H groups in total. The first-order chi connectivity index (χ1) is 6.98. The van der Waals surface area contributed by atoms with E-state index < -0.39 is 17.6 Å². The van der Waals surface area contributed by atoms with Crippen LogP contribution >= 0.6 is 0 Å². The molecule has 0 radical (unpaired) electrons. The Morgan fingerprint density at radius 1 is 1.40 bits per heavy atom. The number of Topliss-reactive ketones (excluding diaryl/α,β-unsaturated/α-hetero) is 1. The minimum absolute atomic E-state index is 0.0221. The molecule has 1 saturated carbocycles. The molecule has 1 aliphatic heterocycles. The second-order valence-corrected chi connectivity index (χ2v) is 5.00. The summed E-state index contributed by atoms with van der Waals surface area (Å²) in [6, 6.07) is 0. The van der Waals surface area contributed by atoms with Crippen molar-refractivity contribution in [3.05, 3.63) is 0 Å². The summed E-state index contributed by atoms with van der Waals surface area (Å²) in [6.07, 6.45) is -1.02. The Balaban J connectivity index is 2.33. The Labute approximate surface area is 89.2 Å². The van der Waals surface area contributed by atoms with Gasteiger partial charge in [-0.3, -0.25) is 4.79 Å². The highest BCUT2D eigenvalue weighted by Crippen LogP contribution is 2.46.